The molecule has 2 rings (SSSR count). The first kappa shape index (κ1) is 15.6. The van der Waals surface area contributed by atoms with Crippen molar-refractivity contribution >= 4 is 0 Å². The zero-order valence-electron chi connectivity index (χ0n) is 13.0. The van der Waals surface area contributed by atoms with E-state index in [1.165, 1.54) is 6.07 Å². The van der Waals surface area contributed by atoms with Gasteiger partial charge in [-0.2, -0.15) is 0 Å². The molecule has 0 amide bonds. The molecule has 1 N–H and O–H groups in total. The van der Waals surface area contributed by atoms with E-state index in [1.807, 2.05) is 32.0 Å². The average Bonchev–Trinajstić information content (AvgIpc) is 2.46. The van der Waals surface area contributed by atoms with Crippen LogP contribution in [-0.2, 0) is 6.42 Å². The Hall–Kier alpha value is -1.74. The topological polar surface area (TPSA) is 24.9 Å². The minimum absolute atomic E-state index is 0.0925. The summed E-state index contributed by atoms with van der Waals surface area (Å²) < 4.78 is 13.9. The number of aromatic nitrogens is 1. The number of pyridine rings is 1. The molecule has 0 aliphatic carbocycles. The molecule has 112 valence electrons. The van der Waals surface area contributed by atoms with Crippen molar-refractivity contribution in [2.75, 3.05) is 6.54 Å². The summed E-state index contributed by atoms with van der Waals surface area (Å²) in [6.45, 7) is 7.05. The van der Waals surface area contributed by atoms with Gasteiger partial charge in [0.25, 0.3) is 0 Å². The summed E-state index contributed by atoms with van der Waals surface area (Å²) in [5.74, 6) is -0.140. The van der Waals surface area contributed by atoms with Gasteiger partial charge in [-0.25, -0.2) is 4.39 Å². The largest absolute Gasteiger partial charge is 0.310 e. The molecule has 2 nitrogen and oxygen atoms in total. The van der Waals surface area contributed by atoms with Crippen LogP contribution in [0.15, 0.2) is 36.4 Å². The number of hydrogen-bond donors (Lipinski definition) is 1. The lowest BCUT2D eigenvalue weighted by Crippen LogP contribution is -2.25. The van der Waals surface area contributed by atoms with Crippen molar-refractivity contribution in [2.24, 2.45) is 0 Å². The van der Waals surface area contributed by atoms with E-state index in [2.05, 4.69) is 23.3 Å². The molecule has 0 saturated heterocycles. The quantitative estimate of drug-likeness (QED) is 0.864. The SMILES string of the molecule is CCCNC(Cc1ccccc1F)c1ccc(C)nc1C. The molecular formula is C18H23FN2. The normalized spacial score (nSPS) is 12.4. The first-order chi connectivity index (χ1) is 10.1. The summed E-state index contributed by atoms with van der Waals surface area (Å²) in [6.07, 6.45) is 1.68. The molecule has 1 unspecified atom stereocenters. The van der Waals surface area contributed by atoms with Crippen LogP contribution >= 0.6 is 0 Å². The number of halogens is 1. The molecule has 3 heteroatoms. The molecule has 0 fully saturated rings. The molecule has 1 aromatic carbocycles. The molecular weight excluding hydrogens is 263 g/mol. The zero-order chi connectivity index (χ0) is 15.2. The third-order valence-electron chi connectivity index (χ3n) is 3.66. The molecule has 0 aliphatic heterocycles. The Morgan fingerprint density at radius 2 is 1.90 bits per heavy atom. The van der Waals surface area contributed by atoms with E-state index < -0.39 is 0 Å². The fourth-order valence-corrected chi connectivity index (χ4v) is 2.56. The lowest BCUT2D eigenvalue weighted by atomic mass is 9.97. The fraction of sp³-hybridized carbons (Fsp3) is 0.389. The van der Waals surface area contributed by atoms with Crippen molar-refractivity contribution < 1.29 is 4.39 Å². The van der Waals surface area contributed by atoms with Gasteiger partial charge in [-0.3, -0.25) is 4.98 Å². The summed E-state index contributed by atoms with van der Waals surface area (Å²) in [5, 5.41) is 3.52. The van der Waals surface area contributed by atoms with Crippen LogP contribution in [-0.4, -0.2) is 11.5 Å². The van der Waals surface area contributed by atoms with E-state index in [0.29, 0.717) is 6.42 Å². The van der Waals surface area contributed by atoms with Gasteiger partial charge in [0.15, 0.2) is 0 Å². The monoisotopic (exact) mass is 286 g/mol. The maximum Gasteiger partial charge on any atom is 0.126 e. The lowest BCUT2D eigenvalue weighted by Gasteiger charge is -2.21. The standard InChI is InChI=1S/C18H23FN2/c1-4-11-20-18(12-15-7-5-6-8-17(15)19)16-10-9-13(2)21-14(16)3/h5-10,18,20H,4,11-12H2,1-3H3. The third-order valence-corrected chi connectivity index (χ3v) is 3.66. The Labute approximate surface area is 126 Å². The van der Waals surface area contributed by atoms with Crippen molar-refractivity contribution in [3.05, 3.63) is 64.7 Å². The van der Waals surface area contributed by atoms with Crippen LogP contribution in [0.5, 0.6) is 0 Å². The van der Waals surface area contributed by atoms with Crippen LogP contribution < -0.4 is 5.32 Å². The van der Waals surface area contributed by atoms with Crippen molar-refractivity contribution in [1.29, 1.82) is 0 Å². The first-order valence-electron chi connectivity index (χ1n) is 7.52. The van der Waals surface area contributed by atoms with E-state index in [0.717, 1.165) is 35.5 Å². The number of benzene rings is 1. The van der Waals surface area contributed by atoms with Crippen molar-refractivity contribution in [1.82, 2.24) is 10.3 Å². The van der Waals surface area contributed by atoms with Crippen LogP contribution in [0.1, 0.15) is 41.9 Å². The summed E-state index contributed by atoms with van der Waals surface area (Å²) in [4.78, 5) is 4.53. The number of nitrogens with zero attached hydrogens (tertiary/aromatic N) is 1. The summed E-state index contributed by atoms with van der Waals surface area (Å²) >= 11 is 0. The van der Waals surface area contributed by atoms with E-state index in [-0.39, 0.29) is 11.9 Å². The minimum atomic E-state index is -0.140. The molecule has 0 spiro atoms. The Balaban J connectivity index is 2.27. The maximum absolute atomic E-state index is 13.9. The maximum atomic E-state index is 13.9. The number of rotatable bonds is 6. The van der Waals surface area contributed by atoms with Gasteiger partial charge in [0.1, 0.15) is 5.82 Å². The predicted molar refractivity (Wildman–Crippen MR) is 84.8 cm³/mol. The summed E-state index contributed by atoms with van der Waals surface area (Å²) in [5.41, 5.74) is 3.92. The predicted octanol–water partition coefficient (Wildman–Crippen LogP) is 4.12. The van der Waals surface area contributed by atoms with E-state index in [1.54, 1.807) is 6.07 Å². The molecule has 21 heavy (non-hydrogen) atoms. The summed E-state index contributed by atoms with van der Waals surface area (Å²) in [7, 11) is 0. The molecule has 1 heterocycles. The summed E-state index contributed by atoms with van der Waals surface area (Å²) in [6, 6.07) is 11.2. The van der Waals surface area contributed by atoms with Crippen LogP contribution in [0.2, 0.25) is 0 Å². The Morgan fingerprint density at radius 1 is 1.14 bits per heavy atom. The van der Waals surface area contributed by atoms with Crippen LogP contribution in [0.25, 0.3) is 0 Å². The first-order valence-corrected chi connectivity index (χ1v) is 7.52. The number of nitrogens with one attached hydrogen (secondary N) is 1. The van der Waals surface area contributed by atoms with Crippen molar-refractivity contribution in [3.63, 3.8) is 0 Å². The van der Waals surface area contributed by atoms with Crippen molar-refractivity contribution in [2.45, 2.75) is 39.7 Å². The van der Waals surface area contributed by atoms with Crippen LogP contribution in [0.3, 0.4) is 0 Å². The van der Waals surface area contributed by atoms with E-state index in [4.69, 9.17) is 0 Å². The van der Waals surface area contributed by atoms with Crippen LogP contribution in [0.4, 0.5) is 4.39 Å². The highest BCUT2D eigenvalue weighted by Gasteiger charge is 2.16. The molecule has 1 atom stereocenters. The highest BCUT2D eigenvalue weighted by Crippen LogP contribution is 2.22. The lowest BCUT2D eigenvalue weighted by molar-refractivity contribution is 0.509. The van der Waals surface area contributed by atoms with Gasteiger partial charge in [0, 0.05) is 17.4 Å². The highest BCUT2D eigenvalue weighted by molar-refractivity contribution is 5.28. The highest BCUT2D eigenvalue weighted by atomic mass is 19.1. The van der Waals surface area contributed by atoms with Gasteiger partial charge in [-0.15, -0.1) is 0 Å². The second-order valence-electron chi connectivity index (χ2n) is 5.43. The zero-order valence-corrected chi connectivity index (χ0v) is 13.0. The van der Waals surface area contributed by atoms with Gasteiger partial charge < -0.3 is 5.32 Å². The van der Waals surface area contributed by atoms with Gasteiger partial charge >= 0.3 is 0 Å². The van der Waals surface area contributed by atoms with Crippen molar-refractivity contribution in [3.8, 4) is 0 Å². The molecule has 0 bridgehead atoms. The Kier molecular flexibility index (Phi) is 5.45. The Bertz CT molecular complexity index is 596. The molecule has 0 saturated carbocycles. The second kappa shape index (κ2) is 7.32. The molecule has 1 aromatic heterocycles. The van der Waals surface area contributed by atoms with Crippen LogP contribution in [0, 0.1) is 19.7 Å². The Morgan fingerprint density at radius 3 is 2.57 bits per heavy atom. The molecule has 0 radical (unpaired) electrons. The number of aryl methyl sites for hydroxylation is 2. The third kappa shape index (κ3) is 4.11. The van der Waals surface area contributed by atoms with Gasteiger partial charge in [0.2, 0.25) is 0 Å². The fourth-order valence-electron chi connectivity index (χ4n) is 2.56. The van der Waals surface area contributed by atoms with Gasteiger partial charge in [0.05, 0.1) is 0 Å². The van der Waals surface area contributed by atoms with Gasteiger partial charge in [-0.05, 0) is 56.5 Å². The second-order valence-corrected chi connectivity index (χ2v) is 5.43. The van der Waals surface area contributed by atoms with E-state index in [9.17, 15) is 4.39 Å². The molecule has 0 aliphatic rings. The van der Waals surface area contributed by atoms with Gasteiger partial charge in [-0.1, -0.05) is 31.2 Å². The smallest absolute Gasteiger partial charge is 0.126 e. The number of hydrogen-bond acceptors (Lipinski definition) is 2. The minimum Gasteiger partial charge on any atom is -0.310 e. The average molecular weight is 286 g/mol. The molecule has 2 aromatic rings. The van der Waals surface area contributed by atoms with E-state index >= 15 is 0 Å².